The van der Waals surface area contributed by atoms with E-state index in [1.54, 1.807) is 4.90 Å². The molecule has 130 valence electrons. The Morgan fingerprint density at radius 2 is 1.96 bits per heavy atom. The van der Waals surface area contributed by atoms with Crippen molar-refractivity contribution in [3.63, 3.8) is 0 Å². The van der Waals surface area contributed by atoms with E-state index in [1.807, 2.05) is 35.2 Å². The number of hydrogen-bond donors (Lipinski definition) is 1. The Bertz CT molecular complexity index is 590. The van der Waals surface area contributed by atoms with Crippen LogP contribution in [0.1, 0.15) is 25.3 Å². The number of likely N-dealkylation sites (tertiary alicyclic amines) is 1. The van der Waals surface area contributed by atoms with Gasteiger partial charge in [-0.25, -0.2) is 0 Å². The number of amides is 2. The molecule has 1 aromatic carbocycles. The van der Waals surface area contributed by atoms with Crippen LogP contribution in [0.5, 0.6) is 0 Å². The summed E-state index contributed by atoms with van der Waals surface area (Å²) >= 11 is 0. The lowest BCUT2D eigenvalue weighted by atomic mass is 9.98. The Kier molecular flexibility index (Phi) is 5.19. The van der Waals surface area contributed by atoms with E-state index in [-0.39, 0.29) is 24.4 Å². The molecule has 0 radical (unpaired) electrons. The largest absolute Gasteiger partial charge is 0.341 e. The van der Waals surface area contributed by atoms with Crippen LogP contribution in [0.4, 0.5) is 0 Å². The minimum Gasteiger partial charge on any atom is -0.341 e. The van der Waals surface area contributed by atoms with Crippen molar-refractivity contribution < 1.29 is 9.59 Å². The number of carbonyl (C=O) groups excluding carboxylic acids is 2. The van der Waals surface area contributed by atoms with E-state index in [0.29, 0.717) is 18.4 Å². The third kappa shape index (κ3) is 3.78. The summed E-state index contributed by atoms with van der Waals surface area (Å²) in [6.07, 6.45) is 2.97. The molecule has 1 heterocycles. The van der Waals surface area contributed by atoms with Crippen LogP contribution >= 0.6 is 0 Å². The second-order valence-electron chi connectivity index (χ2n) is 7.14. The number of nitrogens with zero attached hydrogens (tertiary/aromatic N) is 2. The van der Waals surface area contributed by atoms with Crippen LogP contribution in [-0.2, 0) is 16.0 Å². The first-order valence-corrected chi connectivity index (χ1v) is 8.87. The molecular weight excluding hydrogens is 302 g/mol. The number of fused-ring (bicyclic) bond motifs is 1. The van der Waals surface area contributed by atoms with E-state index >= 15 is 0 Å². The summed E-state index contributed by atoms with van der Waals surface area (Å²) in [5, 5.41) is 0. The van der Waals surface area contributed by atoms with Gasteiger partial charge in [-0.15, -0.1) is 0 Å². The van der Waals surface area contributed by atoms with Crippen molar-refractivity contribution in [3.05, 3.63) is 35.9 Å². The van der Waals surface area contributed by atoms with Gasteiger partial charge >= 0.3 is 0 Å². The van der Waals surface area contributed by atoms with Crippen LogP contribution < -0.4 is 5.73 Å². The Morgan fingerprint density at radius 1 is 1.21 bits per heavy atom. The van der Waals surface area contributed by atoms with Gasteiger partial charge in [0.15, 0.2) is 0 Å². The van der Waals surface area contributed by atoms with Crippen molar-refractivity contribution in [1.29, 1.82) is 0 Å². The number of carbonyl (C=O) groups is 2. The molecule has 1 aliphatic heterocycles. The molecule has 1 saturated carbocycles. The quantitative estimate of drug-likeness (QED) is 0.885. The van der Waals surface area contributed by atoms with E-state index in [0.717, 1.165) is 32.4 Å². The van der Waals surface area contributed by atoms with Crippen LogP contribution in [0.25, 0.3) is 0 Å². The van der Waals surface area contributed by atoms with Gasteiger partial charge < -0.3 is 15.5 Å². The maximum atomic E-state index is 12.6. The molecule has 3 unspecified atom stereocenters. The van der Waals surface area contributed by atoms with Gasteiger partial charge in [-0.1, -0.05) is 30.3 Å². The number of nitrogens with two attached hydrogens (primary N) is 1. The van der Waals surface area contributed by atoms with Crippen LogP contribution in [0.2, 0.25) is 0 Å². The number of benzene rings is 1. The SMILES string of the molecule is CC(=O)N(CCc1ccccc1)CC(=O)N1CC2CCC(N)C2C1. The standard InChI is InChI=1S/C19H27N3O2/c1-14(23)21(10-9-15-5-3-2-4-6-15)13-19(24)22-11-16-7-8-18(20)17(16)12-22/h2-6,16-18H,7-13,20H2,1H3. The van der Waals surface area contributed by atoms with Gasteiger partial charge in [0.25, 0.3) is 0 Å². The lowest BCUT2D eigenvalue weighted by Crippen LogP contribution is -2.43. The van der Waals surface area contributed by atoms with Gasteiger partial charge in [-0.05, 0) is 36.7 Å². The number of rotatable bonds is 5. The van der Waals surface area contributed by atoms with Crippen molar-refractivity contribution in [2.45, 2.75) is 32.2 Å². The normalized spacial score (nSPS) is 25.6. The van der Waals surface area contributed by atoms with Crippen LogP contribution in [0, 0.1) is 11.8 Å². The fraction of sp³-hybridized carbons (Fsp3) is 0.579. The summed E-state index contributed by atoms with van der Waals surface area (Å²) in [4.78, 5) is 28.1. The second-order valence-corrected chi connectivity index (χ2v) is 7.14. The summed E-state index contributed by atoms with van der Waals surface area (Å²) in [5.74, 6) is 1.01. The Hall–Kier alpha value is -1.88. The molecule has 5 heteroatoms. The smallest absolute Gasteiger partial charge is 0.242 e. The fourth-order valence-electron chi connectivity index (χ4n) is 4.03. The average Bonchev–Trinajstić information content (AvgIpc) is 3.14. The van der Waals surface area contributed by atoms with Crippen LogP contribution in [0.15, 0.2) is 30.3 Å². The topological polar surface area (TPSA) is 66.6 Å². The summed E-state index contributed by atoms with van der Waals surface area (Å²) in [6, 6.07) is 10.3. The van der Waals surface area contributed by atoms with E-state index in [1.165, 1.54) is 12.5 Å². The lowest BCUT2D eigenvalue weighted by Gasteiger charge is -2.25. The van der Waals surface area contributed by atoms with E-state index < -0.39 is 0 Å². The maximum Gasteiger partial charge on any atom is 0.242 e. The first-order chi connectivity index (χ1) is 11.5. The Morgan fingerprint density at radius 3 is 2.62 bits per heavy atom. The molecule has 24 heavy (non-hydrogen) atoms. The van der Waals surface area contributed by atoms with Gasteiger partial charge in [0, 0.05) is 32.6 Å². The highest BCUT2D eigenvalue weighted by atomic mass is 16.2. The molecule has 1 aromatic rings. The Labute approximate surface area is 143 Å². The van der Waals surface area contributed by atoms with Gasteiger partial charge in [-0.3, -0.25) is 9.59 Å². The number of hydrogen-bond acceptors (Lipinski definition) is 3. The lowest BCUT2D eigenvalue weighted by molar-refractivity contribution is -0.139. The summed E-state index contributed by atoms with van der Waals surface area (Å²) in [5.41, 5.74) is 7.32. The monoisotopic (exact) mass is 329 g/mol. The van der Waals surface area contributed by atoms with Gasteiger partial charge in [0.1, 0.15) is 0 Å². The zero-order valence-electron chi connectivity index (χ0n) is 14.4. The zero-order valence-corrected chi connectivity index (χ0v) is 14.4. The minimum atomic E-state index is -0.0460. The molecular formula is C19H27N3O2. The van der Waals surface area contributed by atoms with Crippen molar-refractivity contribution in [2.24, 2.45) is 17.6 Å². The summed E-state index contributed by atoms with van der Waals surface area (Å²) < 4.78 is 0. The minimum absolute atomic E-state index is 0.0460. The van der Waals surface area contributed by atoms with Crippen molar-refractivity contribution >= 4 is 11.8 Å². The molecule has 3 rings (SSSR count). The third-order valence-corrected chi connectivity index (χ3v) is 5.55. The van der Waals surface area contributed by atoms with E-state index in [2.05, 4.69) is 0 Å². The zero-order chi connectivity index (χ0) is 17.1. The van der Waals surface area contributed by atoms with Crippen LogP contribution in [0.3, 0.4) is 0 Å². The first kappa shape index (κ1) is 17.0. The maximum absolute atomic E-state index is 12.6. The molecule has 0 aromatic heterocycles. The van der Waals surface area contributed by atoms with Crippen molar-refractivity contribution in [1.82, 2.24) is 9.80 Å². The highest BCUT2D eigenvalue weighted by molar-refractivity contribution is 5.84. The molecule has 0 bridgehead atoms. The van der Waals surface area contributed by atoms with Gasteiger partial charge in [-0.2, -0.15) is 0 Å². The Balaban J connectivity index is 1.54. The molecule has 1 saturated heterocycles. The molecule has 2 amide bonds. The van der Waals surface area contributed by atoms with E-state index in [4.69, 9.17) is 5.73 Å². The van der Waals surface area contributed by atoms with Gasteiger partial charge in [0.05, 0.1) is 6.54 Å². The fourth-order valence-corrected chi connectivity index (χ4v) is 4.03. The predicted molar refractivity (Wildman–Crippen MR) is 93.2 cm³/mol. The molecule has 0 spiro atoms. The molecule has 2 aliphatic rings. The summed E-state index contributed by atoms with van der Waals surface area (Å²) in [6.45, 7) is 3.85. The molecule has 2 fully saturated rings. The van der Waals surface area contributed by atoms with Gasteiger partial charge in [0.2, 0.25) is 11.8 Å². The highest BCUT2D eigenvalue weighted by Crippen LogP contribution is 2.37. The third-order valence-electron chi connectivity index (χ3n) is 5.55. The molecule has 1 aliphatic carbocycles. The average molecular weight is 329 g/mol. The van der Waals surface area contributed by atoms with E-state index in [9.17, 15) is 9.59 Å². The second kappa shape index (κ2) is 7.34. The van der Waals surface area contributed by atoms with Crippen LogP contribution in [-0.4, -0.2) is 53.8 Å². The predicted octanol–water partition coefficient (Wildman–Crippen LogP) is 1.27. The van der Waals surface area contributed by atoms with Crippen molar-refractivity contribution in [3.8, 4) is 0 Å². The van der Waals surface area contributed by atoms with Crippen molar-refractivity contribution in [2.75, 3.05) is 26.2 Å². The highest BCUT2D eigenvalue weighted by Gasteiger charge is 2.42. The first-order valence-electron chi connectivity index (χ1n) is 8.87. The molecule has 3 atom stereocenters. The molecule has 5 nitrogen and oxygen atoms in total. The summed E-state index contributed by atoms with van der Waals surface area (Å²) in [7, 11) is 0. The molecule has 2 N–H and O–H groups in total.